The monoisotopic (exact) mass is 305 g/mol. The topological polar surface area (TPSA) is 98.7 Å². The molecular formula is C15H19N3O4. The number of carbonyl (C=O) groups is 3. The molecular weight excluding hydrogens is 286 g/mol. The Bertz CT molecular complexity index is 588. The van der Waals surface area contributed by atoms with E-state index in [0.29, 0.717) is 13.1 Å². The first kappa shape index (κ1) is 15.8. The summed E-state index contributed by atoms with van der Waals surface area (Å²) >= 11 is 0. The van der Waals surface area contributed by atoms with E-state index in [4.69, 9.17) is 5.11 Å². The van der Waals surface area contributed by atoms with Gasteiger partial charge in [-0.1, -0.05) is 24.3 Å². The lowest BCUT2D eigenvalue weighted by Gasteiger charge is -2.28. The van der Waals surface area contributed by atoms with Crippen LogP contribution in [-0.4, -0.2) is 47.0 Å². The van der Waals surface area contributed by atoms with Crippen molar-refractivity contribution in [3.8, 4) is 0 Å². The molecule has 1 aliphatic rings. The third-order valence-corrected chi connectivity index (χ3v) is 3.57. The Balaban J connectivity index is 1.81. The Morgan fingerprint density at radius 1 is 1.27 bits per heavy atom. The second-order valence-electron chi connectivity index (χ2n) is 5.23. The highest BCUT2D eigenvalue weighted by atomic mass is 16.4. The number of urea groups is 1. The molecule has 0 saturated carbocycles. The standard InChI is InChI=1S/C15H19N3O4/c1-10(14(20)21)17-13(19)8-16-15(22)18-7-6-11-4-2-3-5-12(11)9-18/h2-5,10H,6-9H2,1H3,(H,16,22)(H,17,19)(H,20,21)/t10-/m0/s1. The van der Waals surface area contributed by atoms with Gasteiger partial charge >= 0.3 is 12.0 Å². The summed E-state index contributed by atoms with van der Waals surface area (Å²) in [4.78, 5) is 35.8. The van der Waals surface area contributed by atoms with E-state index in [0.717, 1.165) is 12.0 Å². The molecule has 3 amide bonds. The number of carbonyl (C=O) groups excluding carboxylic acids is 2. The minimum absolute atomic E-state index is 0.241. The van der Waals surface area contributed by atoms with Gasteiger partial charge in [-0.25, -0.2) is 4.79 Å². The van der Waals surface area contributed by atoms with Gasteiger partial charge in [-0.05, 0) is 24.5 Å². The second kappa shape index (κ2) is 6.93. The molecule has 1 aliphatic heterocycles. The largest absolute Gasteiger partial charge is 0.480 e. The fourth-order valence-corrected chi connectivity index (χ4v) is 2.29. The van der Waals surface area contributed by atoms with Crippen molar-refractivity contribution in [2.75, 3.05) is 13.1 Å². The normalized spacial score (nSPS) is 14.7. The van der Waals surface area contributed by atoms with Crippen molar-refractivity contribution >= 4 is 17.9 Å². The fraction of sp³-hybridized carbons (Fsp3) is 0.400. The van der Waals surface area contributed by atoms with Crippen molar-refractivity contribution in [2.45, 2.75) is 25.9 Å². The third kappa shape index (κ3) is 3.97. The molecule has 0 radical (unpaired) electrons. The van der Waals surface area contributed by atoms with Crippen LogP contribution in [0.15, 0.2) is 24.3 Å². The number of benzene rings is 1. The maximum Gasteiger partial charge on any atom is 0.325 e. The van der Waals surface area contributed by atoms with Crippen LogP contribution in [0, 0.1) is 0 Å². The second-order valence-corrected chi connectivity index (χ2v) is 5.23. The summed E-state index contributed by atoms with van der Waals surface area (Å²) in [5.41, 5.74) is 2.34. The zero-order valence-corrected chi connectivity index (χ0v) is 12.3. The third-order valence-electron chi connectivity index (χ3n) is 3.57. The molecule has 1 aromatic rings. The molecule has 0 aromatic heterocycles. The molecule has 1 atom stereocenters. The van der Waals surface area contributed by atoms with Crippen LogP contribution >= 0.6 is 0 Å². The molecule has 22 heavy (non-hydrogen) atoms. The molecule has 1 heterocycles. The number of rotatable bonds is 4. The first-order chi connectivity index (χ1) is 10.5. The molecule has 0 unspecified atom stereocenters. The highest BCUT2D eigenvalue weighted by molar-refractivity contribution is 5.87. The molecule has 0 spiro atoms. The lowest BCUT2D eigenvalue weighted by molar-refractivity contribution is -0.141. The maximum atomic E-state index is 12.1. The lowest BCUT2D eigenvalue weighted by atomic mass is 10.0. The summed E-state index contributed by atoms with van der Waals surface area (Å²) < 4.78 is 0. The molecule has 7 nitrogen and oxygen atoms in total. The predicted octanol–water partition coefficient (Wildman–Crippen LogP) is 0.344. The Hall–Kier alpha value is -2.57. The van der Waals surface area contributed by atoms with Crippen molar-refractivity contribution in [2.24, 2.45) is 0 Å². The highest BCUT2D eigenvalue weighted by Crippen LogP contribution is 2.18. The number of carboxylic acids is 1. The lowest BCUT2D eigenvalue weighted by Crippen LogP contribution is -2.48. The molecule has 0 saturated heterocycles. The smallest absolute Gasteiger partial charge is 0.325 e. The molecule has 118 valence electrons. The number of fused-ring (bicyclic) bond motifs is 1. The van der Waals surface area contributed by atoms with E-state index < -0.39 is 17.9 Å². The van der Waals surface area contributed by atoms with Gasteiger partial charge in [-0.15, -0.1) is 0 Å². The van der Waals surface area contributed by atoms with Gasteiger partial charge in [0.15, 0.2) is 0 Å². The SMILES string of the molecule is C[C@H](NC(=O)CNC(=O)N1CCc2ccccc2C1)C(=O)O. The van der Waals surface area contributed by atoms with E-state index in [1.165, 1.54) is 12.5 Å². The predicted molar refractivity (Wildman–Crippen MR) is 79.2 cm³/mol. The number of carboxylic acid groups (broad SMARTS) is 1. The summed E-state index contributed by atoms with van der Waals surface area (Å²) in [6.07, 6.45) is 0.784. The zero-order valence-electron chi connectivity index (χ0n) is 12.3. The van der Waals surface area contributed by atoms with E-state index in [1.807, 2.05) is 24.3 Å². The Kier molecular flexibility index (Phi) is 4.98. The zero-order chi connectivity index (χ0) is 16.1. The summed E-state index contributed by atoms with van der Waals surface area (Å²) in [6.45, 7) is 2.23. The molecule has 2 rings (SSSR count). The Morgan fingerprint density at radius 3 is 2.64 bits per heavy atom. The summed E-state index contributed by atoms with van der Waals surface area (Å²) in [6, 6.07) is 6.63. The highest BCUT2D eigenvalue weighted by Gasteiger charge is 2.21. The van der Waals surface area contributed by atoms with E-state index in [1.54, 1.807) is 4.90 Å². The van der Waals surface area contributed by atoms with Crippen LogP contribution < -0.4 is 10.6 Å². The van der Waals surface area contributed by atoms with E-state index in [9.17, 15) is 14.4 Å². The van der Waals surface area contributed by atoms with Gasteiger partial charge in [0.2, 0.25) is 5.91 Å². The van der Waals surface area contributed by atoms with E-state index in [-0.39, 0.29) is 12.6 Å². The van der Waals surface area contributed by atoms with Crippen LogP contribution in [0.2, 0.25) is 0 Å². The van der Waals surface area contributed by atoms with Gasteiger partial charge < -0.3 is 20.6 Å². The molecule has 3 N–H and O–H groups in total. The van der Waals surface area contributed by atoms with Gasteiger partial charge in [-0.2, -0.15) is 0 Å². The molecule has 7 heteroatoms. The van der Waals surface area contributed by atoms with Crippen molar-refractivity contribution in [1.82, 2.24) is 15.5 Å². The summed E-state index contributed by atoms with van der Waals surface area (Å²) in [5.74, 6) is -1.65. The average Bonchev–Trinajstić information content (AvgIpc) is 2.52. The minimum Gasteiger partial charge on any atom is -0.480 e. The van der Waals surface area contributed by atoms with Gasteiger partial charge in [0.05, 0.1) is 6.54 Å². The average molecular weight is 305 g/mol. The molecule has 0 bridgehead atoms. The van der Waals surface area contributed by atoms with Crippen molar-refractivity contribution in [1.29, 1.82) is 0 Å². The molecule has 0 aliphatic carbocycles. The first-order valence-corrected chi connectivity index (χ1v) is 7.09. The number of hydrogen-bond donors (Lipinski definition) is 3. The number of amides is 3. The van der Waals surface area contributed by atoms with Crippen LogP contribution in [0.1, 0.15) is 18.1 Å². The van der Waals surface area contributed by atoms with Crippen LogP contribution in [-0.2, 0) is 22.6 Å². The van der Waals surface area contributed by atoms with Crippen molar-refractivity contribution in [3.63, 3.8) is 0 Å². The van der Waals surface area contributed by atoms with Crippen molar-refractivity contribution < 1.29 is 19.5 Å². The van der Waals surface area contributed by atoms with Gasteiger partial charge in [0, 0.05) is 13.1 Å². The van der Waals surface area contributed by atoms with Crippen LogP contribution in [0.4, 0.5) is 4.79 Å². The molecule has 1 aromatic carbocycles. The first-order valence-electron chi connectivity index (χ1n) is 7.09. The Morgan fingerprint density at radius 2 is 1.95 bits per heavy atom. The molecule has 0 fully saturated rings. The minimum atomic E-state index is -1.12. The van der Waals surface area contributed by atoms with Crippen LogP contribution in [0.25, 0.3) is 0 Å². The summed E-state index contributed by atoms with van der Waals surface area (Å²) in [7, 11) is 0. The number of nitrogens with zero attached hydrogens (tertiary/aromatic N) is 1. The van der Waals surface area contributed by atoms with E-state index in [2.05, 4.69) is 10.6 Å². The van der Waals surface area contributed by atoms with Gasteiger partial charge in [0.1, 0.15) is 6.04 Å². The quantitative estimate of drug-likeness (QED) is 0.747. The van der Waals surface area contributed by atoms with Gasteiger partial charge in [-0.3, -0.25) is 9.59 Å². The van der Waals surface area contributed by atoms with E-state index >= 15 is 0 Å². The van der Waals surface area contributed by atoms with Crippen molar-refractivity contribution in [3.05, 3.63) is 35.4 Å². The van der Waals surface area contributed by atoms with Crippen LogP contribution in [0.3, 0.4) is 0 Å². The van der Waals surface area contributed by atoms with Crippen LogP contribution in [0.5, 0.6) is 0 Å². The Labute approximate surface area is 128 Å². The number of nitrogens with one attached hydrogen (secondary N) is 2. The number of hydrogen-bond acceptors (Lipinski definition) is 3. The fourth-order valence-electron chi connectivity index (χ4n) is 2.29. The maximum absolute atomic E-state index is 12.1. The van der Waals surface area contributed by atoms with Gasteiger partial charge in [0.25, 0.3) is 0 Å². The number of aliphatic carboxylic acids is 1. The summed E-state index contributed by atoms with van der Waals surface area (Å²) in [5, 5.41) is 13.5.